The number of aliphatic hydroxyl groups excluding tert-OH is 1. The van der Waals surface area contributed by atoms with Crippen molar-refractivity contribution in [2.75, 3.05) is 0 Å². The predicted octanol–water partition coefficient (Wildman–Crippen LogP) is 1.85. The third-order valence-electron chi connectivity index (χ3n) is 1.96. The van der Waals surface area contributed by atoms with E-state index < -0.39 is 0 Å². The van der Waals surface area contributed by atoms with E-state index in [1.54, 1.807) is 13.1 Å². The van der Waals surface area contributed by atoms with Crippen molar-refractivity contribution >= 4 is 12.0 Å². The molecule has 0 saturated heterocycles. The minimum Gasteiger partial charge on any atom is -0.503 e. The smallest absolute Gasteiger partial charge is 0.207 e. The summed E-state index contributed by atoms with van der Waals surface area (Å²) in [5.41, 5.74) is 0.423. The summed E-state index contributed by atoms with van der Waals surface area (Å²) in [4.78, 5) is 15.3. The molecule has 0 bridgehead atoms. The normalized spacial score (nSPS) is 23.5. The fourth-order valence-electron chi connectivity index (χ4n) is 1.20. The first-order valence-electron chi connectivity index (χ1n) is 4.15. The number of hydrogen-bond acceptors (Lipinski definition) is 3. The number of nitrogens with zero attached hydrogens (tertiary/aromatic N) is 1. The lowest BCUT2D eigenvalue weighted by Gasteiger charge is -2.14. The number of carbonyl (C=O) groups excluding carboxylic acids is 1. The van der Waals surface area contributed by atoms with Gasteiger partial charge in [-0.3, -0.25) is 9.79 Å². The maximum absolute atomic E-state index is 11.3. The average molecular weight is 167 g/mol. The Balaban J connectivity index is 2.78. The van der Waals surface area contributed by atoms with Gasteiger partial charge in [0.15, 0.2) is 5.76 Å². The zero-order chi connectivity index (χ0) is 9.14. The van der Waals surface area contributed by atoms with E-state index in [4.69, 9.17) is 0 Å². The van der Waals surface area contributed by atoms with Crippen molar-refractivity contribution in [1.82, 2.24) is 0 Å². The Labute approximate surface area is 71.8 Å². The number of hydrogen-bond donors (Lipinski definition) is 1. The van der Waals surface area contributed by atoms with E-state index in [0.29, 0.717) is 5.70 Å². The second-order valence-electron chi connectivity index (χ2n) is 2.97. The summed E-state index contributed by atoms with van der Waals surface area (Å²) >= 11 is 0. The fourth-order valence-corrected chi connectivity index (χ4v) is 1.20. The lowest BCUT2D eigenvalue weighted by molar-refractivity contribution is -0.120. The number of carbonyl (C=O) groups is 1. The molecule has 3 heteroatoms. The molecule has 66 valence electrons. The summed E-state index contributed by atoms with van der Waals surface area (Å²) in [6, 6.07) is 0. The Kier molecular flexibility index (Phi) is 2.63. The molecule has 0 fully saturated rings. The quantitative estimate of drug-likeness (QED) is 0.682. The molecule has 0 aliphatic carbocycles. The highest BCUT2D eigenvalue weighted by molar-refractivity contribution is 6.06. The SMILES string of the molecule is CCCC1C=NC(C)=C(O)C1=O. The van der Waals surface area contributed by atoms with Crippen LogP contribution in [0.1, 0.15) is 26.7 Å². The number of Topliss-reactive ketones (excluding diaryl/α,β-unsaturated/α-hetero) is 1. The second-order valence-corrected chi connectivity index (χ2v) is 2.97. The molecular formula is C9H13NO2. The molecule has 12 heavy (non-hydrogen) atoms. The third-order valence-corrected chi connectivity index (χ3v) is 1.96. The molecule has 0 aromatic rings. The minimum atomic E-state index is -0.210. The lowest BCUT2D eigenvalue weighted by Crippen LogP contribution is -2.22. The first kappa shape index (κ1) is 8.97. The number of aliphatic hydroxyl groups is 1. The molecule has 1 heterocycles. The van der Waals surface area contributed by atoms with Gasteiger partial charge in [0.1, 0.15) is 0 Å². The monoisotopic (exact) mass is 167 g/mol. The van der Waals surface area contributed by atoms with Gasteiger partial charge in [-0.15, -0.1) is 0 Å². The van der Waals surface area contributed by atoms with E-state index in [2.05, 4.69) is 4.99 Å². The van der Waals surface area contributed by atoms with E-state index in [1.807, 2.05) is 6.92 Å². The largest absolute Gasteiger partial charge is 0.503 e. The Bertz CT molecular complexity index is 253. The van der Waals surface area contributed by atoms with Gasteiger partial charge in [-0.2, -0.15) is 0 Å². The van der Waals surface area contributed by atoms with Gasteiger partial charge in [0.2, 0.25) is 5.78 Å². The van der Waals surface area contributed by atoms with Crippen LogP contribution in [-0.2, 0) is 4.79 Å². The molecule has 1 atom stereocenters. The molecular weight excluding hydrogens is 154 g/mol. The molecule has 1 N–H and O–H groups in total. The van der Waals surface area contributed by atoms with Crippen LogP contribution in [0.25, 0.3) is 0 Å². The van der Waals surface area contributed by atoms with Crippen LogP contribution in [0.15, 0.2) is 16.4 Å². The predicted molar refractivity (Wildman–Crippen MR) is 47.2 cm³/mol. The van der Waals surface area contributed by atoms with Crippen LogP contribution in [-0.4, -0.2) is 17.1 Å². The number of allylic oxidation sites excluding steroid dienone is 2. The Morgan fingerprint density at radius 1 is 1.67 bits per heavy atom. The van der Waals surface area contributed by atoms with E-state index in [9.17, 15) is 9.90 Å². The molecule has 0 amide bonds. The molecule has 0 radical (unpaired) electrons. The Morgan fingerprint density at radius 3 is 2.92 bits per heavy atom. The standard InChI is InChI=1S/C9H13NO2/c1-3-4-7-5-10-6(2)8(11)9(7)12/h5,7,11H,3-4H2,1-2H3. The van der Waals surface area contributed by atoms with E-state index >= 15 is 0 Å². The zero-order valence-electron chi connectivity index (χ0n) is 7.37. The molecule has 0 aromatic carbocycles. The maximum atomic E-state index is 11.3. The van der Waals surface area contributed by atoms with Gasteiger partial charge < -0.3 is 5.11 Å². The average Bonchev–Trinajstić information content (AvgIpc) is 2.07. The summed E-state index contributed by atoms with van der Waals surface area (Å²) in [5.74, 6) is -0.570. The van der Waals surface area contributed by atoms with Gasteiger partial charge in [0, 0.05) is 6.21 Å². The Hall–Kier alpha value is -1.12. The summed E-state index contributed by atoms with van der Waals surface area (Å²) < 4.78 is 0. The van der Waals surface area contributed by atoms with Crippen LogP contribution in [0.5, 0.6) is 0 Å². The Morgan fingerprint density at radius 2 is 2.33 bits per heavy atom. The third kappa shape index (κ3) is 1.55. The zero-order valence-corrected chi connectivity index (χ0v) is 7.37. The molecule has 1 aliphatic heterocycles. The van der Waals surface area contributed by atoms with Crippen LogP contribution < -0.4 is 0 Å². The van der Waals surface area contributed by atoms with Crippen molar-refractivity contribution < 1.29 is 9.90 Å². The van der Waals surface area contributed by atoms with E-state index in [1.165, 1.54) is 0 Å². The highest BCUT2D eigenvalue weighted by Gasteiger charge is 2.24. The number of rotatable bonds is 2. The first-order chi connectivity index (χ1) is 5.66. The van der Waals surface area contributed by atoms with Crippen molar-refractivity contribution in [2.24, 2.45) is 10.9 Å². The van der Waals surface area contributed by atoms with Gasteiger partial charge in [0.25, 0.3) is 0 Å². The summed E-state index contributed by atoms with van der Waals surface area (Å²) in [5, 5.41) is 9.26. The molecule has 1 aliphatic rings. The van der Waals surface area contributed by atoms with Crippen molar-refractivity contribution in [3.8, 4) is 0 Å². The van der Waals surface area contributed by atoms with Gasteiger partial charge in [-0.1, -0.05) is 13.3 Å². The summed E-state index contributed by atoms with van der Waals surface area (Å²) in [6.45, 7) is 3.63. The van der Waals surface area contributed by atoms with Crippen molar-refractivity contribution in [3.63, 3.8) is 0 Å². The van der Waals surface area contributed by atoms with E-state index in [0.717, 1.165) is 12.8 Å². The molecule has 0 saturated carbocycles. The van der Waals surface area contributed by atoms with Crippen molar-refractivity contribution in [3.05, 3.63) is 11.5 Å². The van der Waals surface area contributed by atoms with Crippen LogP contribution >= 0.6 is 0 Å². The van der Waals surface area contributed by atoms with Crippen molar-refractivity contribution in [2.45, 2.75) is 26.7 Å². The second kappa shape index (κ2) is 3.52. The molecule has 1 unspecified atom stereocenters. The van der Waals surface area contributed by atoms with Crippen LogP contribution in [0.3, 0.4) is 0 Å². The van der Waals surface area contributed by atoms with Crippen LogP contribution in [0.4, 0.5) is 0 Å². The number of aliphatic imine (C=N–C) groups is 1. The highest BCUT2D eigenvalue weighted by atomic mass is 16.3. The van der Waals surface area contributed by atoms with Gasteiger partial charge >= 0.3 is 0 Å². The minimum absolute atomic E-state index is 0.170. The molecule has 0 aromatic heterocycles. The van der Waals surface area contributed by atoms with Crippen LogP contribution in [0.2, 0.25) is 0 Å². The van der Waals surface area contributed by atoms with Crippen LogP contribution in [0, 0.1) is 5.92 Å². The molecule has 0 spiro atoms. The molecule has 3 nitrogen and oxygen atoms in total. The van der Waals surface area contributed by atoms with E-state index in [-0.39, 0.29) is 17.5 Å². The lowest BCUT2D eigenvalue weighted by atomic mass is 9.96. The van der Waals surface area contributed by atoms with Gasteiger partial charge in [-0.05, 0) is 13.3 Å². The van der Waals surface area contributed by atoms with Gasteiger partial charge in [-0.25, -0.2) is 0 Å². The summed E-state index contributed by atoms with van der Waals surface area (Å²) in [7, 11) is 0. The van der Waals surface area contributed by atoms with Gasteiger partial charge in [0.05, 0.1) is 11.6 Å². The summed E-state index contributed by atoms with van der Waals surface area (Å²) in [6.07, 6.45) is 3.31. The fraction of sp³-hybridized carbons (Fsp3) is 0.556. The first-order valence-corrected chi connectivity index (χ1v) is 4.15. The molecule has 1 rings (SSSR count). The number of ketones is 1. The topological polar surface area (TPSA) is 49.7 Å². The maximum Gasteiger partial charge on any atom is 0.207 e. The highest BCUT2D eigenvalue weighted by Crippen LogP contribution is 2.18. The van der Waals surface area contributed by atoms with Crippen molar-refractivity contribution in [1.29, 1.82) is 0 Å².